The lowest BCUT2D eigenvalue weighted by Gasteiger charge is -2.38. The van der Waals surface area contributed by atoms with Crippen LogP contribution in [-0.4, -0.2) is 29.3 Å². The molecule has 0 saturated carbocycles. The largest absolute Gasteiger partial charge is 0.345 e. The summed E-state index contributed by atoms with van der Waals surface area (Å²) in [5.41, 5.74) is 1.05. The van der Waals surface area contributed by atoms with Crippen LogP contribution in [0.2, 0.25) is 0 Å². The second-order valence-electron chi connectivity index (χ2n) is 5.06. The monoisotopic (exact) mass is 260 g/mol. The van der Waals surface area contributed by atoms with Crippen LogP contribution in [0.4, 0.5) is 0 Å². The van der Waals surface area contributed by atoms with E-state index < -0.39 is 0 Å². The minimum atomic E-state index is -0.355. The molecule has 0 aliphatic carbocycles. The molecule has 1 aliphatic rings. The molecule has 2 unspecified atom stereocenters. The Morgan fingerprint density at radius 2 is 2.00 bits per heavy atom. The molecule has 0 spiro atoms. The van der Waals surface area contributed by atoms with Crippen molar-refractivity contribution in [3.05, 3.63) is 35.9 Å². The molecule has 19 heavy (non-hydrogen) atoms. The van der Waals surface area contributed by atoms with Gasteiger partial charge < -0.3 is 10.2 Å². The third kappa shape index (κ3) is 2.95. The predicted molar refractivity (Wildman–Crippen MR) is 73.2 cm³/mol. The van der Waals surface area contributed by atoms with Gasteiger partial charge in [-0.25, -0.2) is 0 Å². The van der Waals surface area contributed by atoms with Crippen LogP contribution in [0.1, 0.15) is 25.8 Å². The molecule has 1 aromatic carbocycles. The summed E-state index contributed by atoms with van der Waals surface area (Å²) >= 11 is 0. The Balaban J connectivity index is 2.22. The normalized spacial score (nSPS) is 21.2. The number of benzene rings is 1. The molecule has 4 nitrogen and oxygen atoms in total. The molecule has 0 bridgehead atoms. The van der Waals surface area contributed by atoms with E-state index >= 15 is 0 Å². The molecule has 1 heterocycles. The first kappa shape index (κ1) is 13.6. The van der Waals surface area contributed by atoms with Gasteiger partial charge in [0.1, 0.15) is 6.04 Å². The van der Waals surface area contributed by atoms with Gasteiger partial charge in [0.2, 0.25) is 11.8 Å². The Bertz CT molecular complexity index is 458. The van der Waals surface area contributed by atoms with E-state index in [0.29, 0.717) is 6.54 Å². The summed E-state index contributed by atoms with van der Waals surface area (Å²) in [6.45, 7) is 4.67. The third-order valence-corrected chi connectivity index (χ3v) is 3.72. The standard InChI is InChI=1S/C15H20N2O2/c1-3-11(2)14-15(19)16-9-13(18)17(14)10-12-7-5-4-6-8-12/h4-8,11,14H,3,9-10H2,1-2H3,(H,16,19). The van der Waals surface area contributed by atoms with Crippen LogP contribution in [0.3, 0.4) is 0 Å². The van der Waals surface area contributed by atoms with Crippen LogP contribution < -0.4 is 5.32 Å². The van der Waals surface area contributed by atoms with Crippen LogP contribution in [0.15, 0.2) is 30.3 Å². The zero-order chi connectivity index (χ0) is 13.8. The van der Waals surface area contributed by atoms with Crippen LogP contribution in [-0.2, 0) is 16.1 Å². The first-order chi connectivity index (χ1) is 9.13. The average Bonchev–Trinajstić information content (AvgIpc) is 2.43. The molecule has 102 valence electrons. The summed E-state index contributed by atoms with van der Waals surface area (Å²) in [6.07, 6.45) is 0.872. The Kier molecular flexibility index (Phi) is 4.20. The van der Waals surface area contributed by atoms with Crippen molar-refractivity contribution in [2.75, 3.05) is 6.54 Å². The summed E-state index contributed by atoms with van der Waals surface area (Å²) in [4.78, 5) is 25.8. The smallest absolute Gasteiger partial charge is 0.243 e. The van der Waals surface area contributed by atoms with Gasteiger partial charge in [0, 0.05) is 6.54 Å². The quantitative estimate of drug-likeness (QED) is 0.893. The van der Waals surface area contributed by atoms with Gasteiger partial charge in [-0.3, -0.25) is 9.59 Å². The van der Waals surface area contributed by atoms with Crippen molar-refractivity contribution in [1.29, 1.82) is 0 Å². The minimum Gasteiger partial charge on any atom is -0.345 e. The molecular weight excluding hydrogens is 240 g/mol. The van der Waals surface area contributed by atoms with E-state index in [-0.39, 0.29) is 30.3 Å². The van der Waals surface area contributed by atoms with Gasteiger partial charge in [-0.15, -0.1) is 0 Å². The van der Waals surface area contributed by atoms with Gasteiger partial charge in [-0.1, -0.05) is 50.6 Å². The number of nitrogens with one attached hydrogen (secondary N) is 1. The average molecular weight is 260 g/mol. The molecule has 1 saturated heterocycles. The maximum absolute atomic E-state index is 12.1. The van der Waals surface area contributed by atoms with Gasteiger partial charge in [0.15, 0.2) is 0 Å². The molecular formula is C15H20N2O2. The Morgan fingerprint density at radius 1 is 1.32 bits per heavy atom. The summed E-state index contributed by atoms with van der Waals surface area (Å²) in [7, 11) is 0. The molecule has 0 aromatic heterocycles. The number of nitrogens with zero attached hydrogens (tertiary/aromatic N) is 1. The fraction of sp³-hybridized carbons (Fsp3) is 0.467. The third-order valence-electron chi connectivity index (χ3n) is 3.72. The molecule has 2 atom stereocenters. The highest BCUT2D eigenvalue weighted by Gasteiger charge is 2.37. The van der Waals surface area contributed by atoms with Crippen molar-refractivity contribution in [3.63, 3.8) is 0 Å². The zero-order valence-corrected chi connectivity index (χ0v) is 11.4. The summed E-state index contributed by atoms with van der Waals surface area (Å²) < 4.78 is 0. The minimum absolute atomic E-state index is 0.00578. The highest BCUT2D eigenvalue weighted by Crippen LogP contribution is 2.20. The lowest BCUT2D eigenvalue weighted by atomic mass is 9.94. The molecule has 1 aromatic rings. The Hall–Kier alpha value is -1.84. The Labute approximate surface area is 113 Å². The number of amides is 2. The van der Waals surface area contributed by atoms with Crippen molar-refractivity contribution < 1.29 is 9.59 Å². The predicted octanol–water partition coefficient (Wildman–Crippen LogP) is 1.56. The molecule has 1 N–H and O–H groups in total. The highest BCUT2D eigenvalue weighted by molar-refractivity contribution is 5.94. The van der Waals surface area contributed by atoms with Crippen LogP contribution in [0.25, 0.3) is 0 Å². The van der Waals surface area contributed by atoms with Gasteiger partial charge in [0.05, 0.1) is 6.54 Å². The van der Waals surface area contributed by atoms with E-state index in [1.165, 1.54) is 0 Å². The summed E-state index contributed by atoms with van der Waals surface area (Å²) in [5, 5.41) is 2.68. The first-order valence-electron chi connectivity index (χ1n) is 6.74. The zero-order valence-electron chi connectivity index (χ0n) is 11.4. The number of carbonyl (C=O) groups excluding carboxylic acids is 2. The van der Waals surface area contributed by atoms with E-state index in [0.717, 1.165) is 12.0 Å². The molecule has 1 fully saturated rings. The van der Waals surface area contributed by atoms with Crippen molar-refractivity contribution in [2.45, 2.75) is 32.9 Å². The molecule has 1 aliphatic heterocycles. The second-order valence-corrected chi connectivity index (χ2v) is 5.06. The SMILES string of the molecule is CCC(C)C1C(=O)NCC(=O)N1Cc1ccccc1. The molecule has 4 heteroatoms. The lowest BCUT2D eigenvalue weighted by molar-refractivity contribution is -0.148. The summed E-state index contributed by atoms with van der Waals surface area (Å²) in [6, 6.07) is 9.44. The van der Waals surface area contributed by atoms with Gasteiger partial charge >= 0.3 is 0 Å². The fourth-order valence-corrected chi connectivity index (χ4v) is 2.42. The van der Waals surface area contributed by atoms with E-state index in [2.05, 4.69) is 5.32 Å². The van der Waals surface area contributed by atoms with E-state index in [4.69, 9.17) is 0 Å². The van der Waals surface area contributed by atoms with Crippen molar-refractivity contribution in [3.8, 4) is 0 Å². The van der Waals surface area contributed by atoms with Gasteiger partial charge in [-0.2, -0.15) is 0 Å². The number of piperazine rings is 1. The molecule has 2 amide bonds. The number of hydrogen-bond donors (Lipinski definition) is 1. The van der Waals surface area contributed by atoms with Crippen LogP contribution >= 0.6 is 0 Å². The van der Waals surface area contributed by atoms with Gasteiger partial charge in [0.25, 0.3) is 0 Å². The van der Waals surface area contributed by atoms with Crippen molar-refractivity contribution in [2.24, 2.45) is 5.92 Å². The topological polar surface area (TPSA) is 49.4 Å². The Morgan fingerprint density at radius 3 is 2.63 bits per heavy atom. The van der Waals surface area contributed by atoms with Gasteiger partial charge in [-0.05, 0) is 11.5 Å². The maximum Gasteiger partial charge on any atom is 0.243 e. The first-order valence-corrected chi connectivity index (χ1v) is 6.74. The van der Waals surface area contributed by atoms with Crippen molar-refractivity contribution in [1.82, 2.24) is 10.2 Å². The number of hydrogen-bond acceptors (Lipinski definition) is 2. The van der Waals surface area contributed by atoms with Crippen molar-refractivity contribution >= 4 is 11.8 Å². The van der Waals surface area contributed by atoms with E-state index in [1.807, 2.05) is 44.2 Å². The maximum atomic E-state index is 12.1. The molecule has 2 rings (SSSR count). The van der Waals surface area contributed by atoms with Crippen LogP contribution in [0.5, 0.6) is 0 Å². The van der Waals surface area contributed by atoms with E-state index in [9.17, 15) is 9.59 Å². The summed E-state index contributed by atoms with van der Waals surface area (Å²) in [5.74, 6) is 0.117. The fourth-order valence-electron chi connectivity index (χ4n) is 2.42. The van der Waals surface area contributed by atoms with E-state index in [1.54, 1.807) is 4.90 Å². The van der Waals surface area contributed by atoms with Crippen LogP contribution in [0, 0.1) is 5.92 Å². The number of rotatable bonds is 4. The highest BCUT2D eigenvalue weighted by atomic mass is 16.2. The lowest BCUT2D eigenvalue weighted by Crippen LogP contribution is -2.60. The molecule has 0 radical (unpaired) electrons. The second kappa shape index (κ2) is 5.87. The number of carbonyl (C=O) groups is 2.